The van der Waals surface area contributed by atoms with Gasteiger partial charge in [0.1, 0.15) is 5.82 Å². The fourth-order valence-electron chi connectivity index (χ4n) is 3.16. The predicted molar refractivity (Wildman–Crippen MR) is 103 cm³/mol. The van der Waals surface area contributed by atoms with E-state index in [4.69, 9.17) is 4.42 Å². The van der Waals surface area contributed by atoms with E-state index in [0.29, 0.717) is 31.7 Å². The van der Waals surface area contributed by atoms with Crippen LogP contribution in [0.25, 0.3) is 0 Å². The fraction of sp³-hybridized carbons (Fsp3) is 0.400. The number of carbonyl (C=O) groups is 3. The Hall–Kier alpha value is -3.16. The van der Waals surface area contributed by atoms with Crippen LogP contribution in [0.1, 0.15) is 35.4 Å². The number of aromatic nitrogens is 1. The maximum Gasteiger partial charge on any atom is 0.286 e. The van der Waals surface area contributed by atoms with E-state index in [2.05, 4.69) is 15.6 Å². The number of anilines is 1. The first-order chi connectivity index (χ1) is 13.5. The first kappa shape index (κ1) is 19.6. The van der Waals surface area contributed by atoms with E-state index in [1.54, 1.807) is 23.2 Å². The van der Waals surface area contributed by atoms with Crippen LogP contribution in [0.3, 0.4) is 0 Å². The van der Waals surface area contributed by atoms with Crippen molar-refractivity contribution < 1.29 is 18.8 Å². The van der Waals surface area contributed by atoms with Crippen molar-refractivity contribution in [2.45, 2.75) is 26.2 Å². The highest BCUT2D eigenvalue weighted by Crippen LogP contribution is 2.19. The molecule has 0 atom stereocenters. The van der Waals surface area contributed by atoms with E-state index in [1.807, 2.05) is 19.1 Å². The van der Waals surface area contributed by atoms with Crippen LogP contribution in [0.15, 0.2) is 41.1 Å². The molecule has 1 aliphatic heterocycles. The second-order valence-electron chi connectivity index (χ2n) is 6.85. The van der Waals surface area contributed by atoms with Crippen molar-refractivity contribution in [3.05, 3.63) is 48.0 Å². The van der Waals surface area contributed by atoms with E-state index in [-0.39, 0.29) is 42.4 Å². The average Bonchev–Trinajstić information content (AvgIpc) is 3.23. The van der Waals surface area contributed by atoms with Gasteiger partial charge in [0, 0.05) is 38.2 Å². The molecule has 3 rings (SSSR count). The number of nitrogens with one attached hydrogen (secondary N) is 2. The molecule has 0 bridgehead atoms. The molecule has 0 aliphatic carbocycles. The van der Waals surface area contributed by atoms with Gasteiger partial charge in [0.15, 0.2) is 5.76 Å². The summed E-state index contributed by atoms with van der Waals surface area (Å²) in [7, 11) is 0. The van der Waals surface area contributed by atoms with Gasteiger partial charge in [-0.25, -0.2) is 4.98 Å². The van der Waals surface area contributed by atoms with Gasteiger partial charge in [0.2, 0.25) is 11.8 Å². The number of nitrogens with zero attached hydrogens (tertiary/aromatic N) is 2. The number of hydrogen-bond donors (Lipinski definition) is 2. The zero-order valence-electron chi connectivity index (χ0n) is 15.8. The van der Waals surface area contributed by atoms with Crippen molar-refractivity contribution in [2.75, 3.05) is 25.0 Å². The molecular weight excluding hydrogens is 360 g/mol. The van der Waals surface area contributed by atoms with E-state index in [1.165, 1.54) is 6.26 Å². The van der Waals surface area contributed by atoms with E-state index < -0.39 is 0 Å². The number of piperidine rings is 1. The lowest BCUT2D eigenvalue weighted by atomic mass is 9.95. The van der Waals surface area contributed by atoms with Gasteiger partial charge in [0.25, 0.3) is 5.91 Å². The molecule has 2 aromatic heterocycles. The molecule has 2 aromatic rings. The van der Waals surface area contributed by atoms with E-state index >= 15 is 0 Å². The van der Waals surface area contributed by atoms with Crippen molar-refractivity contribution in [3.63, 3.8) is 0 Å². The normalized spacial score (nSPS) is 14.5. The number of amides is 3. The molecule has 0 unspecified atom stereocenters. The third-order valence-corrected chi connectivity index (χ3v) is 4.75. The Morgan fingerprint density at radius 3 is 2.71 bits per heavy atom. The van der Waals surface area contributed by atoms with Crippen LogP contribution in [0.2, 0.25) is 0 Å². The van der Waals surface area contributed by atoms with Crippen LogP contribution in [-0.4, -0.2) is 47.2 Å². The molecule has 1 saturated heterocycles. The summed E-state index contributed by atoms with van der Waals surface area (Å²) in [6.45, 7) is 3.25. The molecule has 28 heavy (non-hydrogen) atoms. The Kier molecular flexibility index (Phi) is 6.41. The summed E-state index contributed by atoms with van der Waals surface area (Å²) < 4.78 is 5.00. The van der Waals surface area contributed by atoms with Gasteiger partial charge in [-0.3, -0.25) is 14.4 Å². The van der Waals surface area contributed by atoms with E-state index in [0.717, 1.165) is 5.56 Å². The number of rotatable bonds is 6. The summed E-state index contributed by atoms with van der Waals surface area (Å²) in [5, 5.41) is 5.51. The highest BCUT2D eigenvalue weighted by Gasteiger charge is 2.27. The number of carbonyl (C=O) groups excluding carboxylic acids is 3. The smallest absolute Gasteiger partial charge is 0.286 e. The molecule has 0 aromatic carbocycles. The lowest BCUT2D eigenvalue weighted by Crippen LogP contribution is -2.42. The maximum atomic E-state index is 12.4. The summed E-state index contributed by atoms with van der Waals surface area (Å²) in [5.74, 6) is 0.219. The van der Waals surface area contributed by atoms with Crippen LogP contribution in [0.5, 0.6) is 0 Å². The lowest BCUT2D eigenvalue weighted by molar-refractivity contribution is -0.134. The molecule has 0 saturated carbocycles. The second-order valence-corrected chi connectivity index (χ2v) is 6.85. The molecule has 8 nitrogen and oxygen atoms in total. The zero-order valence-corrected chi connectivity index (χ0v) is 15.8. The maximum absolute atomic E-state index is 12.4. The van der Waals surface area contributed by atoms with Gasteiger partial charge in [-0.1, -0.05) is 0 Å². The minimum absolute atomic E-state index is 0.0287. The van der Waals surface area contributed by atoms with Crippen molar-refractivity contribution in [1.82, 2.24) is 15.2 Å². The first-order valence-electron chi connectivity index (χ1n) is 9.36. The number of likely N-dealkylation sites (tertiary alicyclic amines) is 1. The third kappa shape index (κ3) is 5.18. The molecule has 1 fully saturated rings. The molecule has 148 valence electrons. The SMILES string of the molecule is Cc1ccnc(NC(=O)C2CCN(C(=O)CCNC(=O)c3ccco3)CC2)c1. The fourth-order valence-corrected chi connectivity index (χ4v) is 3.16. The topological polar surface area (TPSA) is 105 Å². The van der Waals surface area contributed by atoms with Gasteiger partial charge in [-0.05, 0) is 49.6 Å². The summed E-state index contributed by atoms with van der Waals surface area (Å²) >= 11 is 0. The second kappa shape index (κ2) is 9.16. The van der Waals surface area contributed by atoms with Crippen molar-refractivity contribution >= 4 is 23.5 Å². The number of aryl methyl sites for hydroxylation is 1. The Morgan fingerprint density at radius 1 is 1.25 bits per heavy atom. The monoisotopic (exact) mass is 384 g/mol. The van der Waals surface area contributed by atoms with Crippen LogP contribution < -0.4 is 10.6 Å². The quantitative estimate of drug-likeness (QED) is 0.792. The highest BCUT2D eigenvalue weighted by molar-refractivity contribution is 5.92. The molecule has 3 heterocycles. The summed E-state index contributed by atoms with van der Waals surface area (Å²) in [4.78, 5) is 42.4. The summed E-state index contributed by atoms with van der Waals surface area (Å²) in [6, 6.07) is 6.90. The standard InChI is InChI=1S/C20H24N4O4/c1-14-4-8-21-17(13-14)23-19(26)15-6-10-24(11-7-15)18(25)5-9-22-20(27)16-3-2-12-28-16/h2-4,8,12-13,15H,5-7,9-11H2,1H3,(H,22,27)(H,21,23,26). The Balaban J connectivity index is 1.38. The van der Waals surface area contributed by atoms with Crippen LogP contribution in [-0.2, 0) is 9.59 Å². The van der Waals surface area contributed by atoms with Gasteiger partial charge in [-0.15, -0.1) is 0 Å². The van der Waals surface area contributed by atoms with Crippen LogP contribution >= 0.6 is 0 Å². The average molecular weight is 384 g/mol. The van der Waals surface area contributed by atoms with Crippen LogP contribution in [0.4, 0.5) is 5.82 Å². The third-order valence-electron chi connectivity index (χ3n) is 4.75. The summed E-state index contributed by atoms with van der Waals surface area (Å²) in [6.07, 6.45) is 4.53. The minimum Gasteiger partial charge on any atom is -0.459 e. The van der Waals surface area contributed by atoms with Crippen molar-refractivity contribution in [1.29, 1.82) is 0 Å². The van der Waals surface area contributed by atoms with Gasteiger partial charge < -0.3 is 20.0 Å². The minimum atomic E-state index is -0.335. The molecule has 8 heteroatoms. The highest BCUT2D eigenvalue weighted by atomic mass is 16.3. The predicted octanol–water partition coefficient (Wildman–Crippen LogP) is 1.98. The van der Waals surface area contributed by atoms with E-state index in [9.17, 15) is 14.4 Å². The molecule has 2 N–H and O–H groups in total. The number of hydrogen-bond acceptors (Lipinski definition) is 5. The Bertz CT molecular complexity index is 826. The number of furan rings is 1. The van der Waals surface area contributed by atoms with Crippen molar-refractivity contribution in [2.24, 2.45) is 5.92 Å². The summed E-state index contributed by atoms with van der Waals surface area (Å²) in [5.41, 5.74) is 1.03. The van der Waals surface area contributed by atoms with Gasteiger partial charge in [0.05, 0.1) is 6.26 Å². The largest absolute Gasteiger partial charge is 0.459 e. The molecule has 3 amide bonds. The van der Waals surface area contributed by atoms with Crippen LogP contribution in [0, 0.1) is 12.8 Å². The molecule has 0 radical (unpaired) electrons. The number of pyridine rings is 1. The lowest BCUT2D eigenvalue weighted by Gasteiger charge is -2.31. The van der Waals surface area contributed by atoms with Crippen molar-refractivity contribution in [3.8, 4) is 0 Å². The first-order valence-corrected chi connectivity index (χ1v) is 9.36. The van der Waals surface area contributed by atoms with Gasteiger partial charge in [-0.2, -0.15) is 0 Å². The Morgan fingerprint density at radius 2 is 2.04 bits per heavy atom. The molecule has 1 aliphatic rings. The molecular formula is C20H24N4O4. The Labute approximate surface area is 163 Å². The zero-order chi connectivity index (χ0) is 19.9. The van der Waals surface area contributed by atoms with Gasteiger partial charge >= 0.3 is 0 Å². The molecule has 0 spiro atoms.